The van der Waals surface area contributed by atoms with Crippen molar-refractivity contribution in [3.63, 3.8) is 0 Å². The summed E-state index contributed by atoms with van der Waals surface area (Å²) in [6.45, 7) is 2.32. The van der Waals surface area contributed by atoms with Gasteiger partial charge in [0.2, 0.25) is 0 Å². The van der Waals surface area contributed by atoms with Crippen molar-refractivity contribution in [2.75, 3.05) is 4.90 Å². The lowest BCUT2D eigenvalue weighted by atomic mass is 10.1. The second-order valence-corrected chi connectivity index (χ2v) is 8.53. The molecule has 34 heavy (non-hydrogen) atoms. The fraction of sp³-hybridized carbons (Fsp3) is 0.0833. The predicted octanol–water partition coefficient (Wildman–Crippen LogP) is 4.82. The minimum atomic E-state index is -0.296. The summed E-state index contributed by atoms with van der Waals surface area (Å²) in [6, 6.07) is 15.8. The number of benzene rings is 2. The highest BCUT2D eigenvalue weighted by Gasteiger charge is 2.29. The molecule has 0 aliphatic carbocycles. The van der Waals surface area contributed by atoms with Crippen molar-refractivity contribution in [1.82, 2.24) is 29.1 Å². The van der Waals surface area contributed by atoms with E-state index in [1.807, 2.05) is 34.6 Å². The Labute approximate surface area is 197 Å². The van der Waals surface area contributed by atoms with Crippen LogP contribution in [0.1, 0.15) is 17.2 Å². The maximum Gasteiger partial charge on any atom is 0.164 e. The standard InChI is InChI=1S/C24H15FN8S/c1-14-30-31-21-13-32(18-4-2-3-15(9-18)10-26)24-20(33(14)21)12-27-23(29-24)19-11-28-34-22(19)16-5-7-17(25)8-6-16/h2-9,11-12H,13H2,1H3. The minimum absolute atomic E-state index is 0.296. The lowest BCUT2D eigenvalue weighted by Gasteiger charge is -2.30. The molecule has 1 aliphatic heterocycles. The molecule has 164 valence electrons. The molecule has 0 atom stereocenters. The Hall–Kier alpha value is -4.49. The molecular formula is C24H15FN8S. The van der Waals surface area contributed by atoms with E-state index in [1.54, 1.807) is 30.6 Å². The van der Waals surface area contributed by atoms with Crippen molar-refractivity contribution in [2.24, 2.45) is 0 Å². The molecule has 2 aromatic carbocycles. The van der Waals surface area contributed by atoms with E-state index in [0.717, 1.165) is 39.0 Å². The molecule has 10 heteroatoms. The van der Waals surface area contributed by atoms with Gasteiger partial charge in [-0.05, 0) is 54.4 Å². The number of nitrogens with zero attached hydrogens (tertiary/aromatic N) is 8. The molecule has 0 spiro atoms. The molecule has 8 nitrogen and oxygen atoms in total. The summed E-state index contributed by atoms with van der Waals surface area (Å²) >= 11 is 1.31. The normalized spacial score (nSPS) is 12.2. The summed E-state index contributed by atoms with van der Waals surface area (Å²) in [5.41, 5.74) is 3.73. The lowest BCUT2D eigenvalue weighted by molar-refractivity contribution is 0.628. The molecular weight excluding hydrogens is 451 g/mol. The van der Waals surface area contributed by atoms with Crippen LogP contribution in [0.4, 0.5) is 15.9 Å². The van der Waals surface area contributed by atoms with Crippen molar-refractivity contribution < 1.29 is 4.39 Å². The minimum Gasteiger partial charge on any atom is -0.317 e. The van der Waals surface area contributed by atoms with Crippen LogP contribution in [0.2, 0.25) is 0 Å². The molecule has 0 saturated heterocycles. The van der Waals surface area contributed by atoms with E-state index < -0.39 is 0 Å². The molecule has 0 unspecified atom stereocenters. The third-order valence-electron chi connectivity index (χ3n) is 5.64. The summed E-state index contributed by atoms with van der Waals surface area (Å²) in [5.74, 6) is 2.37. The number of nitriles is 1. The Kier molecular flexibility index (Phi) is 4.64. The van der Waals surface area contributed by atoms with Gasteiger partial charge in [0.1, 0.15) is 17.3 Å². The van der Waals surface area contributed by atoms with Gasteiger partial charge in [0.05, 0.1) is 41.0 Å². The maximum absolute atomic E-state index is 13.5. The Bertz CT molecular complexity index is 1580. The van der Waals surface area contributed by atoms with E-state index >= 15 is 0 Å². The highest BCUT2D eigenvalue weighted by atomic mass is 32.1. The quantitative estimate of drug-likeness (QED) is 0.376. The van der Waals surface area contributed by atoms with Crippen molar-refractivity contribution in [3.8, 4) is 33.6 Å². The van der Waals surface area contributed by atoms with Crippen LogP contribution in [-0.2, 0) is 6.54 Å². The Balaban J connectivity index is 1.52. The number of hydrogen-bond acceptors (Lipinski definition) is 8. The molecule has 0 radical (unpaired) electrons. The first-order valence-corrected chi connectivity index (χ1v) is 11.2. The summed E-state index contributed by atoms with van der Waals surface area (Å²) in [7, 11) is 0. The van der Waals surface area contributed by atoms with Gasteiger partial charge in [-0.15, -0.1) is 10.2 Å². The topological polar surface area (TPSA) is 96.4 Å². The highest BCUT2D eigenvalue weighted by molar-refractivity contribution is 7.10. The molecule has 0 saturated carbocycles. The molecule has 5 aromatic rings. The number of aromatic nitrogens is 6. The van der Waals surface area contributed by atoms with Crippen LogP contribution in [0.3, 0.4) is 0 Å². The van der Waals surface area contributed by atoms with Crippen LogP contribution in [0, 0.1) is 24.1 Å². The average Bonchev–Trinajstić information content (AvgIpc) is 3.51. The first kappa shape index (κ1) is 20.1. The monoisotopic (exact) mass is 466 g/mol. The SMILES string of the molecule is Cc1nnc2n1-c1cnc(-c3cnsc3-c3ccc(F)cc3)nc1N(c1cccc(C#N)c1)C2. The van der Waals surface area contributed by atoms with Crippen LogP contribution in [0.15, 0.2) is 60.9 Å². The van der Waals surface area contributed by atoms with Gasteiger partial charge in [0.15, 0.2) is 17.5 Å². The van der Waals surface area contributed by atoms with Crippen molar-refractivity contribution in [2.45, 2.75) is 13.5 Å². The number of hydrogen-bond donors (Lipinski definition) is 0. The Morgan fingerprint density at radius 1 is 1.09 bits per heavy atom. The molecule has 0 amide bonds. The van der Waals surface area contributed by atoms with Gasteiger partial charge in [-0.1, -0.05) is 18.2 Å². The Morgan fingerprint density at radius 2 is 1.94 bits per heavy atom. The number of anilines is 2. The second-order valence-electron chi connectivity index (χ2n) is 7.73. The van der Waals surface area contributed by atoms with Gasteiger partial charge >= 0.3 is 0 Å². The Morgan fingerprint density at radius 3 is 2.76 bits per heavy atom. The van der Waals surface area contributed by atoms with E-state index in [0.29, 0.717) is 23.8 Å². The third kappa shape index (κ3) is 3.22. The zero-order valence-corrected chi connectivity index (χ0v) is 18.7. The van der Waals surface area contributed by atoms with Crippen molar-refractivity contribution in [1.29, 1.82) is 5.26 Å². The molecule has 0 N–H and O–H groups in total. The van der Waals surface area contributed by atoms with E-state index in [-0.39, 0.29) is 5.82 Å². The molecule has 6 rings (SSSR count). The van der Waals surface area contributed by atoms with Gasteiger partial charge < -0.3 is 4.90 Å². The van der Waals surface area contributed by atoms with Crippen LogP contribution >= 0.6 is 11.5 Å². The predicted molar refractivity (Wildman–Crippen MR) is 125 cm³/mol. The molecule has 0 bridgehead atoms. The van der Waals surface area contributed by atoms with Crippen molar-refractivity contribution >= 4 is 23.0 Å². The summed E-state index contributed by atoms with van der Waals surface area (Å²) in [6.07, 6.45) is 3.48. The van der Waals surface area contributed by atoms with E-state index in [9.17, 15) is 9.65 Å². The van der Waals surface area contributed by atoms with Crippen LogP contribution in [-0.4, -0.2) is 29.1 Å². The summed E-state index contributed by atoms with van der Waals surface area (Å²) < 4.78 is 19.7. The third-order valence-corrected chi connectivity index (χ3v) is 6.49. The fourth-order valence-electron chi connectivity index (χ4n) is 4.06. The maximum atomic E-state index is 13.5. The zero-order valence-electron chi connectivity index (χ0n) is 17.8. The zero-order chi connectivity index (χ0) is 23.2. The average molecular weight is 467 g/mol. The largest absolute Gasteiger partial charge is 0.317 e. The van der Waals surface area contributed by atoms with Gasteiger partial charge in [-0.2, -0.15) is 9.64 Å². The summed E-state index contributed by atoms with van der Waals surface area (Å²) in [4.78, 5) is 12.4. The van der Waals surface area contributed by atoms with Crippen LogP contribution < -0.4 is 4.90 Å². The highest BCUT2D eigenvalue weighted by Crippen LogP contribution is 2.39. The fourth-order valence-corrected chi connectivity index (χ4v) is 4.80. The van der Waals surface area contributed by atoms with Crippen molar-refractivity contribution in [3.05, 3.63) is 84.0 Å². The molecule has 3 aromatic heterocycles. The van der Waals surface area contributed by atoms with Gasteiger partial charge in [0, 0.05) is 5.69 Å². The van der Waals surface area contributed by atoms with Crippen LogP contribution in [0.5, 0.6) is 0 Å². The first-order valence-electron chi connectivity index (χ1n) is 10.4. The number of rotatable bonds is 3. The van der Waals surface area contributed by atoms with E-state index in [2.05, 4.69) is 25.6 Å². The first-order chi connectivity index (χ1) is 16.6. The van der Waals surface area contributed by atoms with E-state index in [1.165, 1.54) is 23.7 Å². The molecule has 1 aliphatic rings. The summed E-state index contributed by atoms with van der Waals surface area (Å²) in [5, 5.41) is 17.9. The molecule has 4 heterocycles. The number of halogens is 1. The number of aryl methyl sites for hydroxylation is 1. The van der Waals surface area contributed by atoms with Gasteiger partial charge in [0.25, 0.3) is 0 Å². The lowest BCUT2D eigenvalue weighted by Crippen LogP contribution is -2.27. The van der Waals surface area contributed by atoms with E-state index in [4.69, 9.17) is 4.98 Å². The van der Waals surface area contributed by atoms with Gasteiger partial charge in [-0.3, -0.25) is 4.57 Å². The smallest absolute Gasteiger partial charge is 0.164 e. The van der Waals surface area contributed by atoms with Crippen LogP contribution in [0.25, 0.3) is 27.5 Å². The second kappa shape index (κ2) is 7.83. The molecule has 0 fully saturated rings. The van der Waals surface area contributed by atoms with Gasteiger partial charge in [-0.25, -0.2) is 14.4 Å². The number of fused-ring (bicyclic) bond motifs is 3.